The molecule has 6 heteroatoms. The van der Waals surface area contributed by atoms with Crippen molar-refractivity contribution in [3.05, 3.63) is 132 Å². The lowest BCUT2D eigenvalue weighted by Gasteiger charge is -2.22. The highest BCUT2D eigenvalue weighted by atomic mass is 16.6. The van der Waals surface area contributed by atoms with E-state index >= 15 is 0 Å². The molecule has 0 spiro atoms. The third-order valence-electron chi connectivity index (χ3n) is 7.35. The molecule has 39 heavy (non-hydrogen) atoms. The Bertz CT molecular complexity index is 1610. The Morgan fingerprint density at radius 3 is 2.10 bits per heavy atom. The third kappa shape index (κ3) is 4.89. The molecule has 1 aliphatic rings. The Kier molecular flexibility index (Phi) is 6.59. The van der Waals surface area contributed by atoms with Crippen LogP contribution in [0.15, 0.2) is 109 Å². The number of aliphatic carboxylic acids is 1. The maximum atomic E-state index is 13.3. The van der Waals surface area contributed by atoms with E-state index in [-0.39, 0.29) is 19.1 Å². The summed E-state index contributed by atoms with van der Waals surface area (Å²) in [5.41, 5.74) is 7.56. The fourth-order valence-electron chi connectivity index (χ4n) is 5.60. The fraction of sp³-hybridized carbons (Fsp3) is 0.152. The zero-order valence-corrected chi connectivity index (χ0v) is 21.4. The Balaban J connectivity index is 1.24. The number of ether oxygens (including phenoxy) is 1. The molecule has 0 saturated carbocycles. The molecule has 1 aliphatic carbocycles. The van der Waals surface area contributed by atoms with Crippen molar-refractivity contribution >= 4 is 23.0 Å². The minimum absolute atomic E-state index is 0.0965. The number of carboxylic acid groups (broad SMARTS) is 1. The van der Waals surface area contributed by atoms with E-state index in [0.29, 0.717) is 6.54 Å². The van der Waals surface area contributed by atoms with Crippen LogP contribution in [0.4, 0.5) is 4.79 Å². The number of nitrogens with zero attached hydrogens (tertiary/aromatic N) is 2. The summed E-state index contributed by atoms with van der Waals surface area (Å²) in [6.07, 6.45) is 1.36. The van der Waals surface area contributed by atoms with E-state index in [9.17, 15) is 14.7 Å². The molecule has 1 heterocycles. The van der Waals surface area contributed by atoms with Crippen LogP contribution in [0.2, 0.25) is 0 Å². The Labute approximate surface area is 226 Å². The van der Waals surface area contributed by atoms with Crippen LogP contribution < -0.4 is 0 Å². The van der Waals surface area contributed by atoms with Gasteiger partial charge in [-0.05, 0) is 39.4 Å². The molecule has 4 aromatic carbocycles. The molecule has 0 aliphatic heterocycles. The number of para-hydroxylation sites is 1. The average Bonchev–Trinajstić information content (AvgIpc) is 3.47. The topological polar surface area (TPSA) is 71.8 Å². The first-order chi connectivity index (χ1) is 19.1. The summed E-state index contributed by atoms with van der Waals surface area (Å²) in [5.74, 6) is -1.18. The standard InChI is InChI=1S/C33H28N2O4/c36-32(37)21-35(20-24-19-34(18-23-10-2-1-3-11-23)31-17-9-8-12-25(24)31)33(38)39-22-30-28-15-6-4-13-26(28)27-14-5-7-16-29(27)30/h1-17,19,30H,18,20-22H2,(H,36,37). The molecule has 1 aromatic heterocycles. The normalized spacial score (nSPS) is 12.2. The van der Waals surface area contributed by atoms with Crippen LogP contribution in [0.25, 0.3) is 22.0 Å². The smallest absolute Gasteiger partial charge is 0.410 e. The molecule has 6 rings (SSSR count). The third-order valence-corrected chi connectivity index (χ3v) is 7.35. The van der Waals surface area contributed by atoms with Gasteiger partial charge in [-0.3, -0.25) is 9.69 Å². The molecular weight excluding hydrogens is 488 g/mol. The molecule has 5 aromatic rings. The van der Waals surface area contributed by atoms with Gasteiger partial charge in [0.1, 0.15) is 13.2 Å². The highest BCUT2D eigenvalue weighted by Gasteiger charge is 2.30. The van der Waals surface area contributed by atoms with E-state index in [1.807, 2.05) is 72.9 Å². The zero-order valence-electron chi connectivity index (χ0n) is 21.4. The number of benzene rings is 4. The van der Waals surface area contributed by atoms with Crippen LogP contribution in [-0.2, 0) is 22.6 Å². The van der Waals surface area contributed by atoms with Crippen LogP contribution in [0.3, 0.4) is 0 Å². The van der Waals surface area contributed by atoms with Crippen LogP contribution in [0.5, 0.6) is 0 Å². The van der Waals surface area contributed by atoms with Crippen LogP contribution in [-0.4, -0.2) is 39.8 Å². The summed E-state index contributed by atoms with van der Waals surface area (Å²) < 4.78 is 7.94. The van der Waals surface area contributed by atoms with Gasteiger partial charge in [-0.25, -0.2) is 4.79 Å². The van der Waals surface area contributed by atoms with Crippen LogP contribution in [0, 0.1) is 0 Å². The SMILES string of the molecule is O=C(O)CN(Cc1cn(Cc2ccccc2)c2ccccc12)C(=O)OCC1c2ccccc2-c2ccccc21. The lowest BCUT2D eigenvalue weighted by atomic mass is 9.98. The van der Waals surface area contributed by atoms with Gasteiger partial charge in [-0.15, -0.1) is 0 Å². The second kappa shape index (κ2) is 10.5. The average molecular weight is 517 g/mol. The minimum atomic E-state index is -1.09. The van der Waals surface area contributed by atoms with Gasteiger partial charge in [0.05, 0.1) is 6.54 Å². The van der Waals surface area contributed by atoms with Gasteiger partial charge in [0.2, 0.25) is 0 Å². The van der Waals surface area contributed by atoms with Gasteiger partial charge >= 0.3 is 12.1 Å². The maximum Gasteiger partial charge on any atom is 0.410 e. The number of hydrogen-bond acceptors (Lipinski definition) is 3. The number of carboxylic acids is 1. The van der Waals surface area contributed by atoms with Crippen molar-refractivity contribution in [1.82, 2.24) is 9.47 Å². The van der Waals surface area contributed by atoms with Crippen molar-refractivity contribution in [2.45, 2.75) is 19.0 Å². The lowest BCUT2D eigenvalue weighted by Crippen LogP contribution is -2.36. The molecule has 1 amide bonds. The predicted octanol–water partition coefficient (Wildman–Crippen LogP) is 6.53. The van der Waals surface area contributed by atoms with Crippen molar-refractivity contribution in [3.63, 3.8) is 0 Å². The number of carbonyl (C=O) groups excluding carboxylic acids is 1. The van der Waals surface area contributed by atoms with Crippen LogP contribution >= 0.6 is 0 Å². The summed E-state index contributed by atoms with van der Waals surface area (Å²) in [6.45, 7) is 0.490. The second-order valence-corrected chi connectivity index (χ2v) is 9.84. The molecule has 0 atom stereocenters. The van der Waals surface area contributed by atoms with Gasteiger partial charge < -0.3 is 14.4 Å². The van der Waals surface area contributed by atoms with E-state index < -0.39 is 18.6 Å². The zero-order chi connectivity index (χ0) is 26.8. The summed E-state index contributed by atoms with van der Waals surface area (Å²) >= 11 is 0. The van der Waals surface area contributed by atoms with Crippen molar-refractivity contribution < 1.29 is 19.4 Å². The number of rotatable bonds is 8. The van der Waals surface area contributed by atoms with Crippen molar-refractivity contribution in [1.29, 1.82) is 0 Å². The summed E-state index contributed by atoms with van der Waals surface area (Å²) in [7, 11) is 0. The quantitative estimate of drug-likeness (QED) is 0.255. The Morgan fingerprint density at radius 1 is 0.795 bits per heavy atom. The Hall–Kier alpha value is -4.84. The van der Waals surface area contributed by atoms with Gasteiger partial charge in [0.25, 0.3) is 0 Å². The number of hydrogen-bond donors (Lipinski definition) is 1. The fourth-order valence-corrected chi connectivity index (χ4v) is 5.60. The van der Waals surface area contributed by atoms with E-state index in [0.717, 1.165) is 44.3 Å². The molecular formula is C33H28N2O4. The number of fused-ring (bicyclic) bond motifs is 4. The van der Waals surface area contributed by atoms with Gasteiger partial charge in [-0.2, -0.15) is 0 Å². The van der Waals surface area contributed by atoms with Crippen molar-refractivity contribution in [2.24, 2.45) is 0 Å². The summed E-state index contributed by atoms with van der Waals surface area (Å²) in [6, 6.07) is 34.4. The molecule has 0 bridgehead atoms. The predicted molar refractivity (Wildman–Crippen MR) is 151 cm³/mol. The highest BCUT2D eigenvalue weighted by Crippen LogP contribution is 2.44. The number of aromatic nitrogens is 1. The lowest BCUT2D eigenvalue weighted by molar-refractivity contribution is -0.138. The summed E-state index contributed by atoms with van der Waals surface area (Å²) in [4.78, 5) is 26.3. The highest BCUT2D eigenvalue weighted by molar-refractivity contribution is 5.85. The molecule has 0 fully saturated rings. The molecule has 0 saturated heterocycles. The first kappa shape index (κ1) is 24.5. The minimum Gasteiger partial charge on any atom is -0.480 e. The molecule has 0 unspecified atom stereocenters. The second-order valence-electron chi connectivity index (χ2n) is 9.84. The monoisotopic (exact) mass is 516 g/mol. The van der Waals surface area contributed by atoms with Gasteiger partial charge in [-0.1, -0.05) is 97.1 Å². The van der Waals surface area contributed by atoms with Crippen molar-refractivity contribution in [2.75, 3.05) is 13.2 Å². The molecule has 194 valence electrons. The Morgan fingerprint density at radius 2 is 1.41 bits per heavy atom. The molecule has 6 nitrogen and oxygen atoms in total. The summed E-state index contributed by atoms with van der Waals surface area (Å²) in [5, 5.41) is 10.6. The molecule has 1 N–H and O–H groups in total. The van der Waals surface area contributed by atoms with E-state index in [1.54, 1.807) is 0 Å². The largest absolute Gasteiger partial charge is 0.480 e. The first-order valence-electron chi connectivity index (χ1n) is 13.0. The van der Waals surface area contributed by atoms with Crippen molar-refractivity contribution in [3.8, 4) is 11.1 Å². The number of amides is 1. The van der Waals surface area contributed by atoms with E-state index in [1.165, 1.54) is 4.90 Å². The molecule has 0 radical (unpaired) electrons. The van der Waals surface area contributed by atoms with Gasteiger partial charge in [0.15, 0.2) is 0 Å². The first-order valence-corrected chi connectivity index (χ1v) is 13.0. The number of carbonyl (C=O) groups is 2. The van der Waals surface area contributed by atoms with E-state index in [2.05, 4.69) is 41.0 Å². The van der Waals surface area contributed by atoms with E-state index in [4.69, 9.17) is 4.74 Å². The van der Waals surface area contributed by atoms with Gasteiger partial charge in [0, 0.05) is 29.6 Å². The van der Waals surface area contributed by atoms with Crippen LogP contribution in [0.1, 0.15) is 28.2 Å². The maximum absolute atomic E-state index is 13.3.